The first-order chi connectivity index (χ1) is 10.2. The molecule has 0 aromatic heterocycles. The van der Waals surface area contributed by atoms with Gasteiger partial charge in [0.1, 0.15) is 0 Å². The third-order valence-electron chi connectivity index (χ3n) is 6.67. The highest BCUT2D eigenvalue weighted by molar-refractivity contribution is 5.65. The van der Waals surface area contributed by atoms with Crippen molar-refractivity contribution < 1.29 is 0 Å². The fourth-order valence-corrected chi connectivity index (χ4v) is 5.92. The topological polar surface area (TPSA) is 15.6 Å². The Balaban J connectivity index is 1.51. The molecule has 2 saturated carbocycles. The van der Waals surface area contributed by atoms with E-state index in [0.29, 0.717) is 6.04 Å². The summed E-state index contributed by atoms with van der Waals surface area (Å²) in [5.41, 5.74) is 0. The molecule has 0 aromatic carbocycles. The fourth-order valence-electron chi connectivity index (χ4n) is 5.92. The highest BCUT2D eigenvalue weighted by Crippen LogP contribution is 2.49. The first-order valence-electron chi connectivity index (χ1n) is 9.49. The van der Waals surface area contributed by atoms with E-state index in [2.05, 4.69) is 25.0 Å². The van der Waals surface area contributed by atoms with Gasteiger partial charge in [0.2, 0.25) is 0 Å². The van der Waals surface area contributed by atoms with Gasteiger partial charge in [-0.15, -0.1) is 0 Å². The van der Waals surface area contributed by atoms with E-state index in [1.54, 1.807) is 0 Å². The highest BCUT2D eigenvalue weighted by Gasteiger charge is 2.54. The quantitative estimate of drug-likeness (QED) is 0.763. The Hall–Kier alpha value is -0.370. The largest absolute Gasteiger partial charge is 0.297 e. The van der Waals surface area contributed by atoms with Gasteiger partial charge < -0.3 is 0 Å². The Morgan fingerprint density at radius 2 is 2.00 bits per heavy atom. The summed E-state index contributed by atoms with van der Waals surface area (Å²) in [6.07, 6.45) is 12.8. The van der Waals surface area contributed by atoms with Crippen LogP contribution in [0.2, 0.25) is 0 Å². The summed E-state index contributed by atoms with van der Waals surface area (Å²) in [6.45, 7) is 7.38. The summed E-state index contributed by atoms with van der Waals surface area (Å²) in [5, 5.41) is 0. The highest BCUT2D eigenvalue weighted by atomic mass is 15.2. The molecule has 0 spiro atoms. The van der Waals surface area contributed by atoms with Gasteiger partial charge in [-0.05, 0) is 42.4 Å². The molecule has 5 rings (SSSR count). The van der Waals surface area contributed by atoms with Crippen molar-refractivity contribution in [3.05, 3.63) is 0 Å². The van der Waals surface area contributed by atoms with Crippen LogP contribution in [0.3, 0.4) is 0 Å². The maximum Gasteiger partial charge on any atom is 0.0694 e. The second kappa shape index (κ2) is 5.68. The molecule has 5 atom stereocenters. The summed E-state index contributed by atoms with van der Waals surface area (Å²) in [4.78, 5) is 7.79. The Labute approximate surface area is 130 Å². The molecule has 1 saturated heterocycles. The fraction of sp³-hybridized carbons (Fsp3) is 0.947. The SMILES string of the molecule is CC(C)CN1CC2CC3C=NC2C1C3CC1CCCCC1. The molecule has 2 aliphatic carbocycles. The lowest BCUT2D eigenvalue weighted by Crippen LogP contribution is -2.51. The molecule has 0 N–H and O–H groups in total. The summed E-state index contributed by atoms with van der Waals surface area (Å²) < 4.78 is 0. The molecule has 4 bridgehead atoms. The molecule has 5 aliphatic rings. The van der Waals surface area contributed by atoms with E-state index in [1.807, 2.05) is 0 Å². The van der Waals surface area contributed by atoms with Crippen LogP contribution >= 0.6 is 0 Å². The van der Waals surface area contributed by atoms with Gasteiger partial charge in [-0.1, -0.05) is 46.0 Å². The molecule has 2 heteroatoms. The Morgan fingerprint density at radius 3 is 2.76 bits per heavy atom. The van der Waals surface area contributed by atoms with Crippen LogP contribution in [0.5, 0.6) is 0 Å². The predicted octanol–water partition coefficient (Wildman–Crippen LogP) is 4.00. The molecular weight excluding hydrogens is 256 g/mol. The van der Waals surface area contributed by atoms with Crippen LogP contribution in [0.15, 0.2) is 4.99 Å². The standard InChI is InChI=1S/C19H32N2/c1-13(2)11-21-12-16-9-15-10-20-18(16)19(21)17(15)8-14-6-4-3-5-7-14/h10,13-19H,3-9,11-12H2,1-2H3. The van der Waals surface area contributed by atoms with Gasteiger partial charge in [-0.3, -0.25) is 9.89 Å². The van der Waals surface area contributed by atoms with E-state index in [9.17, 15) is 0 Å². The van der Waals surface area contributed by atoms with Gasteiger partial charge in [0.25, 0.3) is 0 Å². The normalized spacial score (nSPS) is 43.1. The van der Waals surface area contributed by atoms with Crippen LogP contribution in [0.25, 0.3) is 0 Å². The van der Waals surface area contributed by atoms with Crippen molar-refractivity contribution in [3.63, 3.8) is 0 Å². The predicted molar refractivity (Wildman–Crippen MR) is 88.8 cm³/mol. The van der Waals surface area contributed by atoms with E-state index in [1.165, 1.54) is 58.0 Å². The van der Waals surface area contributed by atoms with Gasteiger partial charge >= 0.3 is 0 Å². The zero-order chi connectivity index (χ0) is 14.4. The number of aliphatic imine (C=N–C) groups is 1. The van der Waals surface area contributed by atoms with Crippen LogP contribution in [0, 0.1) is 29.6 Å². The van der Waals surface area contributed by atoms with Gasteiger partial charge in [0, 0.05) is 25.3 Å². The van der Waals surface area contributed by atoms with E-state index in [-0.39, 0.29) is 0 Å². The van der Waals surface area contributed by atoms with Crippen LogP contribution in [0.4, 0.5) is 0 Å². The van der Waals surface area contributed by atoms with Crippen molar-refractivity contribution in [1.29, 1.82) is 0 Å². The number of rotatable bonds is 4. The van der Waals surface area contributed by atoms with Crippen molar-refractivity contribution in [2.75, 3.05) is 13.1 Å². The molecular formula is C19H32N2. The average Bonchev–Trinajstić information content (AvgIpc) is 2.76. The van der Waals surface area contributed by atoms with Crippen LogP contribution in [-0.4, -0.2) is 36.3 Å². The van der Waals surface area contributed by atoms with Crippen molar-refractivity contribution in [2.45, 2.75) is 70.9 Å². The molecule has 5 unspecified atom stereocenters. The van der Waals surface area contributed by atoms with E-state index < -0.39 is 0 Å². The van der Waals surface area contributed by atoms with Gasteiger partial charge in [0.15, 0.2) is 0 Å². The smallest absolute Gasteiger partial charge is 0.0694 e. The molecule has 21 heavy (non-hydrogen) atoms. The first kappa shape index (κ1) is 14.2. The summed E-state index contributed by atoms with van der Waals surface area (Å²) in [5.74, 6) is 4.43. The molecule has 0 amide bonds. The second-order valence-corrected chi connectivity index (χ2v) is 8.69. The van der Waals surface area contributed by atoms with Gasteiger partial charge in [-0.2, -0.15) is 0 Å². The van der Waals surface area contributed by atoms with Crippen LogP contribution in [0.1, 0.15) is 58.8 Å². The van der Waals surface area contributed by atoms with E-state index >= 15 is 0 Å². The Kier molecular flexibility index (Phi) is 3.85. The monoisotopic (exact) mass is 288 g/mol. The van der Waals surface area contributed by atoms with Gasteiger partial charge in [0.05, 0.1) is 6.04 Å². The summed E-state index contributed by atoms with van der Waals surface area (Å²) in [6, 6.07) is 1.45. The van der Waals surface area contributed by atoms with Crippen molar-refractivity contribution in [3.8, 4) is 0 Å². The lowest BCUT2D eigenvalue weighted by atomic mass is 9.65. The number of likely N-dealkylation sites (tertiary alicyclic amines) is 1. The summed E-state index contributed by atoms with van der Waals surface area (Å²) in [7, 11) is 0. The zero-order valence-electron chi connectivity index (χ0n) is 13.9. The summed E-state index contributed by atoms with van der Waals surface area (Å²) >= 11 is 0. The molecule has 0 aromatic rings. The Morgan fingerprint density at radius 1 is 1.19 bits per heavy atom. The molecule has 3 heterocycles. The van der Waals surface area contributed by atoms with Crippen LogP contribution < -0.4 is 0 Å². The van der Waals surface area contributed by atoms with Crippen molar-refractivity contribution in [1.82, 2.24) is 4.90 Å². The minimum atomic E-state index is 0.655. The molecule has 118 valence electrons. The minimum absolute atomic E-state index is 0.655. The minimum Gasteiger partial charge on any atom is -0.297 e. The van der Waals surface area contributed by atoms with E-state index in [0.717, 1.165) is 35.6 Å². The third kappa shape index (κ3) is 2.58. The van der Waals surface area contributed by atoms with Gasteiger partial charge in [-0.25, -0.2) is 0 Å². The zero-order valence-corrected chi connectivity index (χ0v) is 13.9. The number of nitrogens with zero attached hydrogens (tertiary/aromatic N) is 2. The third-order valence-corrected chi connectivity index (χ3v) is 6.67. The maximum atomic E-state index is 4.96. The number of hydrogen-bond donors (Lipinski definition) is 0. The maximum absolute atomic E-state index is 4.96. The van der Waals surface area contributed by atoms with E-state index in [4.69, 9.17) is 4.99 Å². The van der Waals surface area contributed by atoms with Crippen molar-refractivity contribution in [2.24, 2.45) is 34.6 Å². The Bertz CT molecular complexity index is 396. The lowest BCUT2D eigenvalue weighted by Gasteiger charge is -2.46. The first-order valence-corrected chi connectivity index (χ1v) is 9.49. The number of hydrogen-bond acceptors (Lipinski definition) is 2. The molecule has 3 aliphatic heterocycles. The molecule has 2 nitrogen and oxygen atoms in total. The molecule has 0 radical (unpaired) electrons. The van der Waals surface area contributed by atoms with Crippen LogP contribution in [-0.2, 0) is 0 Å². The lowest BCUT2D eigenvalue weighted by molar-refractivity contribution is 0.0973. The molecule has 3 fully saturated rings. The second-order valence-electron chi connectivity index (χ2n) is 8.69. The van der Waals surface area contributed by atoms with Crippen molar-refractivity contribution >= 4 is 6.21 Å². The average molecular weight is 288 g/mol.